The minimum Gasteiger partial charge on any atom is -0.394 e. The number of nitrogens with two attached hydrogens (primary N) is 1. The maximum Gasteiger partial charge on any atom is 0.280 e. The molecule has 0 bridgehead atoms. The van der Waals surface area contributed by atoms with Crippen LogP contribution in [0.1, 0.15) is 40.7 Å². The Morgan fingerprint density at radius 3 is 1.96 bits per heavy atom. The number of ether oxygens (including phenoxy) is 1. The van der Waals surface area contributed by atoms with Crippen LogP contribution >= 0.6 is 0 Å². The molecule has 5 aromatic carbocycles. The van der Waals surface area contributed by atoms with E-state index in [1.165, 1.54) is 0 Å². The normalized spacial score (nSPS) is 17.5. The minimum absolute atomic E-state index is 0.0468. The number of hydrogen-bond acceptors (Lipinski definition) is 8. The van der Waals surface area contributed by atoms with Gasteiger partial charge in [0.15, 0.2) is 17.0 Å². The highest BCUT2D eigenvalue weighted by atomic mass is 16.5. The molecule has 7 aromatic rings. The molecule has 10 heteroatoms. The highest BCUT2D eigenvalue weighted by molar-refractivity contribution is 6.23. The summed E-state index contributed by atoms with van der Waals surface area (Å²) >= 11 is 0. The van der Waals surface area contributed by atoms with Gasteiger partial charge in [-0.25, -0.2) is 4.98 Å². The first-order valence-electron chi connectivity index (χ1n) is 14.9. The predicted octanol–water partition coefficient (Wildman–Crippen LogP) is 3.91. The molecule has 5 N–H and O–H groups in total. The Balaban J connectivity index is 1.19. The number of nitriles is 1. The van der Waals surface area contributed by atoms with Crippen molar-refractivity contribution >= 4 is 49.4 Å². The second kappa shape index (κ2) is 11.0. The van der Waals surface area contributed by atoms with Gasteiger partial charge in [0, 0.05) is 23.1 Å². The van der Waals surface area contributed by atoms with Gasteiger partial charge in [0.1, 0.15) is 12.3 Å². The van der Waals surface area contributed by atoms with E-state index < -0.39 is 24.0 Å². The van der Waals surface area contributed by atoms with Crippen molar-refractivity contribution in [1.82, 2.24) is 19.5 Å². The Kier molecular flexibility index (Phi) is 6.61. The molecule has 0 spiro atoms. The van der Waals surface area contributed by atoms with Gasteiger partial charge in [-0.3, -0.25) is 14.3 Å². The molecule has 1 saturated heterocycles. The summed E-state index contributed by atoms with van der Waals surface area (Å²) in [5.74, 6) is 12.9. The summed E-state index contributed by atoms with van der Waals surface area (Å²) in [5, 5.41) is 35.5. The lowest BCUT2D eigenvalue weighted by Gasteiger charge is -2.15. The molecule has 47 heavy (non-hydrogen) atoms. The zero-order valence-corrected chi connectivity index (χ0v) is 24.7. The van der Waals surface area contributed by atoms with E-state index in [2.05, 4.69) is 81.1 Å². The number of nitrogen functional groups attached to an aromatic ring is 1. The molecule has 0 saturated carbocycles. The monoisotopic (exact) mass is 616 g/mol. The zero-order valence-electron chi connectivity index (χ0n) is 24.7. The molecule has 10 nitrogen and oxygen atoms in total. The lowest BCUT2D eigenvalue weighted by Crippen LogP contribution is -2.24. The molecule has 0 aliphatic carbocycles. The smallest absolute Gasteiger partial charge is 0.280 e. The molecule has 1 aliphatic rings. The van der Waals surface area contributed by atoms with Gasteiger partial charge in [-0.15, -0.1) is 0 Å². The second-order valence-corrected chi connectivity index (χ2v) is 11.5. The number of aliphatic hydroxyl groups is 2. The van der Waals surface area contributed by atoms with Crippen molar-refractivity contribution in [2.45, 2.75) is 24.9 Å². The Labute approximate surface area is 267 Å². The number of fused-ring (bicyclic) bond motifs is 1. The number of anilines is 1. The van der Waals surface area contributed by atoms with Crippen LogP contribution in [-0.2, 0) is 4.74 Å². The van der Waals surface area contributed by atoms with Crippen LogP contribution in [-0.4, -0.2) is 48.5 Å². The van der Waals surface area contributed by atoms with E-state index in [9.17, 15) is 15.0 Å². The van der Waals surface area contributed by atoms with Crippen LogP contribution in [0.2, 0.25) is 0 Å². The second-order valence-electron chi connectivity index (χ2n) is 11.5. The lowest BCUT2D eigenvalue weighted by molar-refractivity contribution is -0.0434. The van der Waals surface area contributed by atoms with Crippen LogP contribution < -0.4 is 11.3 Å². The predicted molar refractivity (Wildman–Crippen MR) is 177 cm³/mol. The number of hydrogen-bond donors (Lipinski definition) is 4. The molecule has 3 heterocycles. The Morgan fingerprint density at radius 1 is 0.851 bits per heavy atom. The van der Waals surface area contributed by atoms with Crippen molar-refractivity contribution in [3.63, 3.8) is 0 Å². The van der Waals surface area contributed by atoms with Crippen LogP contribution in [0.15, 0.2) is 77.6 Å². The number of nitrogens with zero attached hydrogens (tertiary/aromatic N) is 4. The first-order valence-corrected chi connectivity index (χ1v) is 14.9. The average Bonchev–Trinajstić information content (AvgIpc) is 3.64. The molecule has 8 rings (SSSR count). The van der Waals surface area contributed by atoms with Gasteiger partial charge >= 0.3 is 0 Å². The molecule has 0 amide bonds. The fraction of sp³-hybridized carbons (Fsp3) is 0.135. The summed E-state index contributed by atoms with van der Waals surface area (Å²) in [4.78, 5) is 23.9. The number of aromatic nitrogens is 4. The molecule has 3 atom stereocenters. The van der Waals surface area contributed by atoms with Gasteiger partial charge in [0.25, 0.3) is 5.56 Å². The SMILES string of the molecule is N#Cc1ccc(C#Cc2cc3ccc4cc(C#Cc5nc6c(=O)[nH]c(N)nc6n5[C@H]5C[C@H](O)[C@@H](CO)O5)cc5ccc(c2)c3c45)cc1. The molecular formula is C37H24N6O4. The Bertz CT molecular complexity index is 2540. The highest BCUT2D eigenvalue weighted by Gasteiger charge is 2.36. The van der Waals surface area contributed by atoms with Crippen molar-refractivity contribution in [2.75, 3.05) is 12.3 Å². The topological polar surface area (TPSA) is 163 Å². The summed E-state index contributed by atoms with van der Waals surface area (Å²) in [6.45, 7) is -0.363. The molecular weight excluding hydrogens is 592 g/mol. The van der Waals surface area contributed by atoms with Crippen LogP contribution in [0, 0.1) is 35.0 Å². The third kappa shape index (κ3) is 4.89. The first-order chi connectivity index (χ1) is 22.9. The standard InChI is InChI=1S/C37H24N6O4/c38-18-21-4-1-20(2-5-21)3-6-22-13-24-8-10-26-15-23(16-27-11-9-25(14-22)32(24)33(26)27)7-12-30-40-34-35(41-37(39)42-36(34)46)43(30)31-17-28(45)29(19-44)47-31/h1-2,4-5,8-11,13-16,28-29,31,44-45H,17,19H2,(H3,39,41,42,46)/t28-,29+,31+/m0/s1. The average molecular weight is 617 g/mol. The van der Waals surface area contributed by atoms with E-state index in [0.717, 1.165) is 49.0 Å². The number of nitrogens with one attached hydrogen (secondary N) is 1. The van der Waals surface area contributed by atoms with Gasteiger partial charge in [-0.2, -0.15) is 10.2 Å². The lowest BCUT2D eigenvalue weighted by atomic mass is 9.91. The van der Waals surface area contributed by atoms with Gasteiger partial charge in [-0.1, -0.05) is 42.0 Å². The maximum absolute atomic E-state index is 12.7. The summed E-state index contributed by atoms with van der Waals surface area (Å²) in [6, 6.07) is 25.8. The van der Waals surface area contributed by atoms with Gasteiger partial charge in [0.2, 0.25) is 5.95 Å². The number of benzene rings is 5. The van der Waals surface area contributed by atoms with Crippen molar-refractivity contribution in [2.24, 2.45) is 0 Å². The molecule has 2 aromatic heterocycles. The number of aromatic amines is 1. The van der Waals surface area contributed by atoms with E-state index >= 15 is 0 Å². The van der Waals surface area contributed by atoms with Crippen LogP contribution in [0.25, 0.3) is 43.5 Å². The zero-order chi connectivity index (χ0) is 32.2. The fourth-order valence-corrected chi connectivity index (χ4v) is 6.28. The molecule has 1 fully saturated rings. The van der Waals surface area contributed by atoms with Crippen LogP contribution in [0.5, 0.6) is 0 Å². The highest BCUT2D eigenvalue weighted by Crippen LogP contribution is 2.36. The van der Waals surface area contributed by atoms with Gasteiger partial charge < -0.3 is 20.7 Å². The Hall–Kier alpha value is -6.22. The third-order valence-corrected chi connectivity index (χ3v) is 8.46. The van der Waals surface area contributed by atoms with E-state index in [1.807, 2.05) is 24.3 Å². The van der Waals surface area contributed by atoms with Crippen molar-refractivity contribution in [3.05, 3.63) is 111 Å². The van der Waals surface area contributed by atoms with Crippen molar-refractivity contribution < 1.29 is 14.9 Å². The maximum atomic E-state index is 12.7. The molecule has 0 unspecified atom stereocenters. The summed E-state index contributed by atoms with van der Waals surface area (Å²) in [6.07, 6.45) is -2.30. The van der Waals surface area contributed by atoms with Gasteiger partial charge in [0.05, 0.1) is 24.3 Å². The Morgan fingerprint density at radius 2 is 1.40 bits per heavy atom. The summed E-state index contributed by atoms with van der Waals surface area (Å²) in [5.41, 5.74) is 8.63. The first kappa shape index (κ1) is 28.3. The van der Waals surface area contributed by atoms with E-state index in [4.69, 9.17) is 15.7 Å². The largest absolute Gasteiger partial charge is 0.394 e. The number of imidazole rings is 1. The van der Waals surface area contributed by atoms with E-state index in [1.54, 1.807) is 16.7 Å². The van der Waals surface area contributed by atoms with E-state index in [0.29, 0.717) is 5.56 Å². The van der Waals surface area contributed by atoms with Crippen LogP contribution in [0.4, 0.5) is 5.95 Å². The molecule has 226 valence electrons. The number of rotatable bonds is 2. The quantitative estimate of drug-likeness (QED) is 0.168. The summed E-state index contributed by atoms with van der Waals surface area (Å²) < 4.78 is 7.43. The van der Waals surface area contributed by atoms with Crippen molar-refractivity contribution in [1.29, 1.82) is 5.26 Å². The van der Waals surface area contributed by atoms with Crippen LogP contribution in [0.3, 0.4) is 0 Å². The number of aliphatic hydroxyl groups excluding tert-OH is 2. The number of H-pyrrole nitrogens is 1. The minimum atomic E-state index is -0.909. The van der Waals surface area contributed by atoms with Gasteiger partial charge in [-0.05, 0) is 86.8 Å². The third-order valence-electron chi connectivity index (χ3n) is 8.46. The fourth-order valence-electron chi connectivity index (χ4n) is 6.28. The summed E-state index contributed by atoms with van der Waals surface area (Å²) in [7, 11) is 0. The van der Waals surface area contributed by atoms with E-state index in [-0.39, 0.29) is 36.0 Å². The molecule has 0 radical (unpaired) electrons. The van der Waals surface area contributed by atoms with Crippen molar-refractivity contribution in [3.8, 4) is 29.8 Å². The molecule has 1 aliphatic heterocycles.